The lowest BCUT2D eigenvalue weighted by Crippen LogP contribution is -2.22. The molecule has 1 aromatic rings. The summed E-state index contributed by atoms with van der Waals surface area (Å²) in [6, 6.07) is 3.89. The molecule has 7 heteroatoms. The SMILES string of the molecule is CCNC(=O)c1ccc(NC(C)=O)c([N+](=O)[O-])c1. The summed E-state index contributed by atoms with van der Waals surface area (Å²) in [5.41, 5.74) is -0.0628. The van der Waals surface area contributed by atoms with Gasteiger partial charge >= 0.3 is 0 Å². The summed E-state index contributed by atoms with van der Waals surface area (Å²) < 4.78 is 0. The van der Waals surface area contributed by atoms with Crippen LogP contribution in [0.1, 0.15) is 24.2 Å². The Labute approximate surface area is 103 Å². The zero-order valence-electron chi connectivity index (χ0n) is 10.0. The summed E-state index contributed by atoms with van der Waals surface area (Å²) >= 11 is 0. The van der Waals surface area contributed by atoms with E-state index in [9.17, 15) is 19.7 Å². The van der Waals surface area contributed by atoms with Gasteiger partial charge in [-0.15, -0.1) is 0 Å². The zero-order chi connectivity index (χ0) is 13.7. The third-order valence-corrected chi connectivity index (χ3v) is 2.10. The Balaban J connectivity index is 3.14. The van der Waals surface area contributed by atoms with Crippen molar-refractivity contribution in [2.75, 3.05) is 11.9 Å². The van der Waals surface area contributed by atoms with Crippen LogP contribution in [0.25, 0.3) is 0 Å². The first-order chi connectivity index (χ1) is 8.45. The molecule has 2 N–H and O–H groups in total. The first-order valence-corrected chi connectivity index (χ1v) is 5.30. The van der Waals surface area contributed by atoms with Crippen molar-refractivity contribution in [3.05, 3.63) is 33.9 Å². The minimum absolute atomic E-state index is 0.0700. The van der Waals surface area contributed by atoms with Crippen molar-refractivity contribution in [2.24, 2.45) is 0 Å². The third kappa shape index (κ3) is 3.27. The van der Waals surface area contributed by atoms with E-state index in [0.29, 0.717) is 6.54 Å². The highest BCUT2D eigenvalue weighted by atomic mass is 16.6. The van der Waals surface area contributed by atoms with Gasteiger partial charge in [0.1, 0.15) is 5.69 Å². The highest BCUT2D eigenvalue weighted by Gasteiger charge is 2.17. The number of nitrogens with zero attached hydrogens (tertiary/aromatic N) is 1. The monoisotopic (exact) mass is 251 g/mol. The van der Waals surface area contributed by atoms with E-state index in [1.54, 1.807) is 6.92 Å². The van der Waals surface area contributed by atoms with E-state index in [1.807, 2.05) is 0 Å². The molecule has 0 radical (unpaired) electrons. The number of carbonyl (C=O) groups is 2. The van der Waals surface area contributed by atoms with Crippen molar-refractivity contribution in [1.29, 1.82) is 0 Å². The summed E-state index contributed by atoms with van der Waals surface area (Å²) in [4.78, 5) is 32.6. The molecule has 0 heterocycles. The largest absolute Gasteiger partial charge is 0.352 e. The van der Waals surface area contributed by atoms with Crippen LogP contribution in [0.4, 0.5) is 11.4 Å². The summed E-state index contributed by atoms with van der Waals surface area (Å²) in [5, 5.41) is 15.7. The predicted molar refractivity (Wildman–Crippen MR) is 65.4 cm³/mol. The molecule has 0 aliphatic heterocycles. The van der Waals surface area contributed by atoms with Crippen LogP contribution >= 0.6 is 0 Å². The van der Waals surface area contributed by atoms with Crippen molar-refractivity contribution < 1.29 is 14.5 Å². The number of nitro benzene ring substituents is 1. The molecule has 18 heavy (non-hydrogen) atoms. The summed E-state index contributed by atoms with van der Waals surface area (Å²) in [5.74, 6) is -0.807. The van der Waals surface area contributed by atoms with Crippen molar-refractivity contribution >= 4 is 23.2 Å². The Morgan fingerprint density at radius 3 is 2.56 bits per heavy atom. The summed E-state index contributed by atoms with van der Waals surface area (Å²) in [6.07, 6.45) is 0. The number of amides is 2. The van der Waals surface area contributed by atoms with Crippen LogP contribution in [-0.4, -0.2) is 23.3 Å². The fourth-order valence-corrected chi connectivity index (χ4v) is 1.38. The molecule has 0 saturated carbocycles. The number of rotatable bonds is 4. The minimum atomic E-state index is -0.645. The number of carbonyl (C=O) groups excluding carboxylic acids is 2. The average Bonchev–Trinajstić information content (AvgIpc) is 2.28. The van der Waals surface area contributed by atoms with Crippen LogP contribution in [0.2, 0.25) is 0 Å². The Kier molecular flexibility index (Phi) is 4.36. The molecular formula is C11H13N3O4. The number of benzene rings is 1. The quantitative estimate of drug-likeness (QED) is 0.622. The topological polar surface area (TPSA) is 101 Å². The van der Waals surface area contributed by atoms with E-state index in [-0.39, 0.29) is 16.9 Å². The Hall–Kier alpha value is -2.44. The molecule has 0 aromatic heterocycles. The number of hydrogen-bond acceptors (Lipinski definition) is 4. The minimum Gasteiger partial charge on any atom is -0.352 e. The lowest BCUT2D eigenvalue weighted by molar-refractivity contribution is -0.384. The van der Waals surface area contributed by atoms with Gasteiger partial charge in [-0.2, -0.15) is 0 Å². The number of nitrogens with one attached hydrogen (secondary N) is 2. The number of anilines is 1. The van der Waals surface area contributed by atoms with Crippen LogP contribution in [0, 0.1) is 10.1 Å². The van der Waals surface area contributed by atoms with Crippen LogP contribution in [0.15, 0.2) is 18.2 Å². The highest BCUT2D eigenvalue weighted by Crippen LogP contribution is 2.25. The predicted octanol–water partition coefficient (Wildman–Crippen LogP) is 1.30. The van der Waals surface area contributed by atoms with Crippen molar-refractivity contribution in [2.45, 2.75) is 13.8 Å². The van der Waals surface area contributed by atoms with Crippen LogP contribution in [0.5, 0.6) is 0 Å². The van der Waals surface area contributed by atoms with Crippen molar-refractivity contribution in [1.82, 2.24) is 5.32 Å². The molecule has 1 rings (SSSR count). The number of nitro groups is 1. The van der Waals surface area contributed by atoms with Crippen LogP contribution in [0.3, 0.4) is 0 Å². The second-order valence-electron chi connectivity index (χ2n) is 3.53. The Bertz CT molecular complexity index is 499. The van der Waals surface area contributed by atoms with Gasteiger partial charge in [0, 0.05) is 25.1 Å². The Morgan fingerprint density at radius 1 is 1.39 bits per heavy atom. The maximum atomic E-state index is 11.5. The molecule has 0 unspecified atom stereocenters. The van der Waals surface area contributed by atoms with E-state index in [2.05, 4.69) is 10.6 Å². The molecule has 0 spiro atoms. The van der Waals surface area contributed by atoms with E-state index in [4.69, 9.17) is 0 Å². The molecule has 0 saturated heterocycles. The molecule has 0 aliphatic carbocycles. The zero-order valence-corrected chi connectivity index (χ0v) is 10.0. The van der Waals surface area contributed by atoms with E-state index < -0.39 is 16.7 Å². The van der Waals surface area contributed by atoms with Gasteiger partial charge in [-0.1, -0.05) is 0 Å². The number of hydrogen-bond donors (Lipinski definition) is 2. The van der Waals surface area contributed by atoms with Crippen LogP contribution < -0.4 is 10.6 Å². The first kappa shape index (κ1) is 13.6. The molecule has 0 aliphatic rings. The molecule has 1 aromatic carbocycles. The lowest BCUT2D eigenvalue weighted by atomic mass is 10.1. The van der Waals surface area contributed by atoms with Gasteiger partial charge in [0.25, 0.3) is 11.6 Å². The molecule has 0 atom stereocenters. The van der Waals surface area contributed by atoms with Gasteiger partial charge in [-0.3, -0.25) is 19.7 Å². The van der Waals surface area contributed by atoms with E-state index >= 15 is 0 Å². The van der Waals surface area contributed by atoms with Gasteiger partial charge in [0.05, 0.1) is 4.92 Å². The van der Waals surface area contributed by atoms with Crippen molar-refractivity contribution in [3.63, 3.8) is 0 Å². The average molecular weight is 251 g/mol. The van der Waals surface area contributed by atoms with Gasteiger partial charge in [-0.25, -0.2) is 0 Å². The van der Waals surface area contributed by atoms with Gasteiger partial charge in [0.2, 0.25) is 5.91 Å². The normalized spacial score (nSPS) is 9.67. The highest BCUT2D eigenvalue weighted by molar-refractivity contribution is 5.97. The second kappa shape index (κ2) is 5.76. The first-order valence-electron chi connectivity index (χ1n) is 5.30. The standard InChI is InChI=1S/C11H13N3O4/c1-3-12-11(16)8-4-5-9(13-7(2)15)10(6-8)14(17)18/h4-6H,3H2,1-2H3,(H,12,16)(H,13,15). The maximum Gasteiger partial charge on any atom is 0.293 e. The summed E-state index contributed by atoms with van der Waals surface area (Å²) in [6.45, 7) is 3.43. The van der Waals surface area contributed by atoms with Crippen molar-refractivity contribution in [3.8, 4) is 0 Å². The smallest absolute Gasteiger partial charge is 0.293 e. The third-order valence-electron chi connectivity index (χ3n) is 2.10. The van der Waals surface area contributed by atoms with E-state index in [0.717, 1.165) is 6.07 Å². The van der Waals surface area contributed by atoms with Gasteiger partial charge in [0.15, 0.2) is 0 Å². The molecule has 2 amide bonds. The van der Waals surface area contributed by atoms with E-state index in [1.165, 1.54) is 19.1 Å². The molecule has 7 nitrogen and oxygen atoms in total. The lowest BCUT2D eigenvalue weighted by Gasteiger charge is -2.06. The molecular weight excluding hydrogens is 238 g/mol. The molecule has 96 valence electrons. The van der Waals surface area contributed by atoms with Gasteiger partial charge in [-0.05, 0) is 19.1 Å². The Morgan fingerprint density at radius 2 is 2.06 bits per heavy atom. The van der Waals surface area contributed by atoms with Gasteiger partial charge < -0.3 is 10.6 Å². The maximum absolute atomic E-state index is 11.5. The second-order valence-corrected chi connectivity index (χ2v) is 3.53. The fourth-order valence-electron chi connectivity index (χ4n) is 1.38. The van der Waals surface area contributed by atoms with Crippen LogP contribution in [-0.2, 0) is 4.79 Å². The molecule has 0 bridgehead atoms. The summed E-state index contributed by atoms with van der Waals surface area (Å²) in [7, 11) is 0. The molecule has 0 fully saturated rings. The fraction of sp³-hybridized carbons (Fsp3) is 0.273.